The van der Waals surface area contributed by atoms with E-state index in [1.165, 1.54) is 25.7 Å². The summed E-state index contributed by atoms with van der Waals surface area (Å²) >= 11 is 0. The molecule has 17 heavy (non-hydrogen) atoms. The lowest BCUT2D eigenvalue weighted by atomic mass is 9.79. The van der Waals surface area contributed by atoms with Gasteiger partial charge in [-0.1, -0.05) is 0 Å². The zero-order valence-electron chi connectivity index (χ0n) is 10.2. The number of imidazole rings is 1. The van der Waals surface area contributed by atoms with Crippen molar-refractivity contribution < 1.29 is 5.11 Å². The highest BCUT2D eigenvalue weighted by molar-refractivity contribution is 5.00. The Morgan fingerprint density at radius 1 is 1.41 bits per heavy atom. The molecular weight excluding hydrogens is 214 g/mol. The van der Waals surface area contributed by atoms with E-state index >= 15 is 0 Å². The van der Waals surface area contributed by atoms with Crippen molar-refractivity contribution in [1.82, 2.24) is 14.9 Å². The first-order valence-electron chi connectivity index (χ1n) is 6.67. The number of rotatable bonds is 4. The van der Waals surface area contributed by atoms with Gasteiger partial charge in [0.2, 0.25) is 0 Å². The van der Waals surface area contributed by atoms with Crippen molar-refractivity contribution in [2.75, 3.05) is 6.61 Å². The quantitative estimate of drug-likeness (QED) is 0.831. The van der Waals surface area contributed by atoms with Crippen LogP contribution in [0, 0.1) is 0 Å². The Kier molecular flexibility index (Phi) is 2.92. The van der Waals surface area contributed by atoms with Gasteiger partial charge in [0.05, 0.1) is 12.9 Å². The number of aromatic nitrogens is 2. The molecule has 0 amide bonds. The van der Waals surface area contributed by atoms with Crippen molar-refractivity contribution in [3.05, 3.63) is 18.7 Å². The summed E-state index contributed by atoms with van der Waals surface area (Å²) in [4.78, 5) is 4.12. The van der Waals surface area contributed by atoms with E-state index in [0.29, 0.717) is 12.1 Å². The van der Waals surface area contributed by atoms with Crippen LogP contribution in [0.25, 0.3) is 0 Å². The van der Waals surface area contributed by atoms with Gasteiger partial charge >= 0.3 is 0 Å². The Hall–Kier alpha value is -0.870. The third-order valence-electron chi connectivity index (χ3n) is 4.16. The van der Waals surface area contributed by atoms with Crippen LogP contribution in [-0.4, -0.2) is 32.8 Å². The van der Waals surface area contributed by atoms with E-state index in [1.54, 1.807) is 0 Å². The van der Waals surface area contributed by atoms with Gasteiger partial charge < -0.3 is 15.0 Å². The van der Waals surface area contributed by atoms with Crippen LogP contribution in [0.1, 0.15) is 44.6 Å². The summed E-state index contributed by atoms with van der Waals surface area (Å²) in [6, 6.07) is 1.15. The van der Waals surface area contributed by atoms with Crippen molar-refractivity contribution in [3.63, 3.8) is 0 Å². The molecular formula is C13H21N3O. The second kappa shape index (κ2) is 4.42. The van der Waals surface area contributed by atoms with E-state index in [0.717, 1.165) is 12.8 Å². The first-order valence-corrected chi connectivity index (χ1v) is 6.67. The zero-order valence-corrected chi connectivity index (χ0v) is 10.2. The van der Waals surface area contributed by atoms with Crippen LogP contribution >= 0.6 is 0 Å². The number of hydrogen-bond acceptors (Lipinski definition) is 3. The molecule has 2 fully saturated rings. The van der Waals surface area contributed by atoms with Crippen LogP contribution in [0.4, 0.5) is 0 Å². The Bertz CT molecular complexity index is 361. The Morgan fingerprint density at radius 2 is 2.29 bits per heavy atom. The molecule has 0 radical (unpaired) electrons. The maximum Gasteiger partial charge on any atom is 0.0948 e. The number of nitrogens with zero attached hydrogens (tertiary/aromatic N) is 2. The summed E-state index contributed by atoms with van der Waals surface area (Å²) in [5.74, 6) is 0. The minimum absolute atomic E-state index is 0.0473. The topological polar surface area (TPSA) is 50.1 Å². The van der Waals surface area contributed by atoms with Crippen LogP contribution in [0.15, 0.2) is 18.7 Å². The van der Waals surface area contributed by atoms with Gasteiger partial charge in [0, 0.05) is 30.0 Å². The normalized spacial score (nSPS) is 33.8. The van der Waals surface area contributed by atoms with Crippen LogP contribution in [0.5, 0.6) is 0 Å². The van der Waals surface area contributed by atoms with Gasteiger partial charge in [-0.3, -0.25) is 0 Å². The molecule has 2 unspecified atom stereocenters. The molecule has 0 bridgehead atoms. The number of aliphatic hydroxyl groups is 1. The molecule has 1 heterocycles. The highest BCUT2D eigenvalue weighted by Gasteiger charge is 2.40. The molecule has 4 nitrogen and oxygen atoms in total. The molecule has 2 aliphatic carbocycles. The second-order valence-electron chi connectivity index (χ2n) is 5.62. The molecule has 1 aromatic rings. The highest BCUT2D eigenvalue weighted by Crippen LogP contribution is 2.37. The highest BCUT2D eigenvalue weighted by atomic mass is 16.3. The van der Waals surface area contributed by atoms with Crippen LogP contribution < -0.4 is 5.32 Å². The van der Waals surface area contributed by atoms with Gasteiger partial charge in [-0.05, 0) is 38.5 Å². The van der Waals surface area contributed by atoms with Crippen LogP contribution in [-0.2, 0) is 0 Å². The summed E-state index contributed by atoms with van der Waals surface area (Å²) in [6.45, 7) is 0.259. The predicted molar refractivity (Wildman–Crippen MR) is 65.7 cm³/mol. The average Bonchev–Trinajstić information content (AvgIpc) is 2.99. The van der Waals surface area contributed by atoms with Crippen LogP contribution in [0.2, 0.25) is 0 Å². The molecule has 1 aromatic heterocycles. The van der Waals surface area contributed by atoms with E-state index in [1.807, 2.05) is 18.7 Å². The smallest absolute Gasteiger partial charge is 0.0948 e. The monoisotopic (exact) mass is 235 g/mol. The first-order chi connectivity index (χ1) is 8.31. The van der Waals surface area contributed by atoms with Gasteiger partial charge in [0.1, 0.15) is 0 Å². The van der Waals surface area contributed by atoms with Crippen molar-refractivity contribution >= 4 is 0 Å². The van der Waals surface area contributed by atoms with Crippen molar-refractivity contribution in [3.8, 4) is 0 Å². The van der Waals surface area contributed by atoms with Gasteiger partial charge in [-0.2, -0.15) is 0 Å². The fourth-order valence-electron chi connectivity index (χ4n) is 3.05. The van der Waals surface area contributed by atoms with Gasteiger partial charge in [-0.25, -0.2) is 4.98 Å². The maximum absolute atomic E-state index is 9.75. The van der Waals surface area contributed by atoms with Gasteiger partial charge in [-0.15, -0.1) is 0 Å². The standard InChI is InChI=1S/C13H21N3O/c17-9-13(15-11-3-4-11)5-1-2-12(8-13)16-7-6-14-10-16/h6-7,10-12,15,17H,1-5,8-9H2. The lowest BCUT2D eigenvalue weighted by Crippen LogP contribution is -2.52. The van der Waals surface area contributed by atoms with Gasteiger partial charge in [0.15, 0.2) is 0 Å². The maximum atomic E-state index is 9.75. The summed E-state index contributed by atoms with van der Waals surface area (Å²) < 4.78 is 2.19. The minimum atomic E-state index is -0.0473. The average molecular weight is 235 g/mol. The SMILES string of the molecule is OCC1(NC2CC2)CCCC(n2ccnc2)C1. The molecule has 0 saturated heterocycles. The molecule has 4 heteroatoms. The van der Waals surface area contributed by atoms with Crippen molar-refractivity contribution in [2.45, 2.75) is 56.1 Å². The third-order valence-corrected chi connectivity index (χ3v) is 4.16. The molecule has 0 aliphatic heterocycles. The first kappa shape index (κ1) is 11.2. The largest absolute Gasteiger partial charge is 0.394 e. The fraction of sp³-hybridized carbons (Fsp3) is 0.769. The van der Waals surface area contributed by atoms with E-state index in [4.69, 9.17) is 0 Å². The summed E-state index contributed by atoms with van der Waals surface area (Å²) in [5.41, 5.74) is -0.0473. The second-order valence-corrected chi connectivity index (χ2v) is 5.62. The zero-order chi connectivity index (χ0) is 11.7. The molecule has 94 valence electrons. The van der Waals surface area contributed by atoms with E-state index in [2.05, 4.69) is 14.9 Å². The molecule has 2 N–H and O–H groups in total. The predicted octanol–water partition coefficient (Wildman–Crippen LogP) is 1.48. The number of aliphatic hydroxyl groups excluding tert-OH is 1. The summed E-state index contributed by atoms with van der Waals surface area (Å²) in [5, 5.41) is 13.4. The molecule has 2 aliphatic rings. The number of nitrogens with one attached hydrogen (secondary N) is 1. The Balaban J connectivity index is 1.72. The molecule has 3 rings (SSSR count). The lowest BCUT2D eigenvalue weighted by molar-refractivity contribution is 0.0959. The molecule has 0 spiro atoms. The lowest BCUT2D eigenvalue weighted by Gasteiger charge is -2.41. The van der Waals surface area contributed by atoms with Crippen molar-refractivity contribution in [2.24, 2.45) is 0 Å². The van der Waals surface area contributed by atoms with Crippen molar-refractivity contribution in [1.29, 1.82) is 0 Å². The summed E-state index contributed by atoms with van der Waals surface area (Å²) in [6.07, 6.45) is 12.8. The van der Waals surface area contributed by atoms with Crippen LogP contribution in [0.3, 0.4) is 0 Å². The Labute approximate surface area is 102 Å². The fourth-order valence-corrected chi connectivity index (χ4v) is 3.05. The third kappa shape index (κ3) is 2.38. The van der Waals surface area contributed by atoms with E-state index < -0.39 is 0 Å². The molecule has 2 saturated carbocycles. The van der Waals surface area contributed by atoms with Gasteiger partial charge in [0.25, 0.3) is 0 Å². The molecule has 0 aromatic carbocycles. The minimum Gasteiger partial charge on any atom is -0.394 e. The molecule has 2 atom stereocenters. The van der Waals surface area contributed by atoms with E-state index in [9.17, 15) is 5.11 Å². The summed E-state index contributed by atoms with van der Waals surface area (Å²) in [7, 11) is 0. The number of hydrogen-bond donors (Lipinski definition) is 2. The Morgan fingerprint density at radius 3 is 2.94 bits per heavy atom. The van der Waals surface area contributed by atoms with E-state index in [-0.39, 0.29) is 12.1 Å².